The minimum Gasteiger partial charge on any atom is -0.391 e. The summed E-state index contributed by atoms with van der Waals surface area (Å²) >= 11 is 5.87. The topological polar surface area (TPSA) is 32.3 Å². The Hall–Kier alpha value is -0.800. The van der Waals surface area contributed by atoms with Crippen molar-refractivity contribution < 1.29 is 9.50 Å². The standard InChI is InChI=1S/C11H13ClFNO/c12-7-3-1-4-8(13)11(7)14-9-5-2-6-10(9)15/h1,3-4,9-10,14-15H,2,5-6H2/t9-,10-/m1/s1. The van der Waals surface area contributed by atoms with Gasteiger partial charge in [-0.05, 0) is 31.4 Å². The van der Waals surface area contributed by atoms with Crippen LogP contribution in [0.25, 0.3) is 0 Å². The zero-order chi connectivity index (χ0) is 10.8. The van der Waals surface area contributed by atoms with E-state index in [1.807, 2.05) is 0 Å². The van der Waals surface area contributed by atoms with Crippen LogP contribution in [0.15, 0.2) is 18.2 Å². The van der Waals surface area contributed by atoms with Gasteiger partial charge in [0.2, 0.25) is 0 Å². The molecule has 15 heavy (non-hydrogen) atoms. The SMILES string of the molecule is O[C@@H]1CCC[C@H]1Nc1c(F)cccc1Cl. The summed E-state index contributed by atoms with van der Waals surface area (Å²) in [5, 5.41) is 12.9. The molecule has 2 atom stereocenters. The molecule has 1 aromatic rings. The number of aliphatic hydroxyl groups excluding tert-OH is 1. The monoisotopic (exact) mass is 229 g/mol. The van der Waals surface area contributed by atoms with Crippen molar-refractivity contribution in [2.75, 3.05) is 5.32 Å². The summed E-state index contributed by atoms with van der Waals surface area (Å²) in [6.45, 7) is 0. The zero-order valence-electron chi connectivity index (χ0n) is 8.21. The molecular formula is C11H13ClFNO. The summed E-state index contributed by atoms with van der Waals surface area (Å²) in [5.74, 6) is -0.374. The van der Waals surface area contributed by atoms with Crippen molar-refractivity contribution in [1.29, 1.82) is 0 Å². The fourth-order valence-electron chi connectivity index (χ4n) is 1.93. The van der Waals surface area contributed by atoms with E-state index in [0.29, 0.717) is 10.7 Å². The van der Waals surface area contributed by atoms with Gasteiger partial charge in [0.1, 0.15) is 5.82 Å². The molecule has 0 aliphatic heterocycles. The number of anilines is 1. The average molecular weight is 230 g/mol. The van der Waals surface area contributed by atoms with Crippen LogP contribution in [0.2, 0.25) is 5.02 Å². The van der Waals surface area contributed by atoms with E-state index >= 15 is 0 Å². The lowest BCUT2D eigenvalue weighted by Crippen LogP contribution is -2.28. The Kier molecular flexibility index (Phi) is 3.12. The maximum atomic E-state index is 13.4. The molecule has 0 bridgehead atoms. The zero-order valence-corrected chi connectivity index (χ0v) is 8.97. The van der Waals surface area contributed by atoms with Crippen molar-refractivity contribution in [2.24, 2.45) is 0 Å². The Bertz CT molecular complexity index is 338. The maximum Gasteiger partial charge on any atom is 0.147 e. The first-order valence-corrected chi connectivity index (χ1v) is 5.45. The van der Waals surface area contributed by atoms with Crippen LogP contribution >= 0.6 is 11.6 Å². The Morgan fingerprint density at radius 1 is 1.40 bits per heavy atom. The quantitative estimate of drug-likeness (QED) is 0.818. The highest BCUT2D eigenvalue weighted by molar-refractivity contribution is 6.33. The van der Waals surface area contributed by atoms with Gasteiger partial charge in [-0.2, -0.15) is 0 Å². The third-order valence-corrected chi connectivity index (χ3v) is 3.09. The fourth-order valence-corrected chi connectivity index (χ4v) is 2.15. The summed E-state index contributed by atoms with van der Waals surface area (Å²) in [7, 11) is 0. The van der Waals surface area contributed by atoms with Gasteiger partial charge in [-0.3, -0.25) is 0 Å². The molecule has 2 rings (SSSR count). The van der Waals surface area contributed by atoms with E-state index in [2.05, 4.69) is 5.32 Å². The van der Waals surface area contributed by atoms with E-state index in [-0.39, 0.29) is 11.9 Å². The molecule has 1 saturated carbocycles. The van der Waals surface area contributed by atoms with Crippen LogP contribution in [0.5, 0.6) is 0 Å². The number of halogens is 2. The van der Waals surface area contributed by atoms with Gasteiger partial charge < -0.3 is 10.4 Å². The fraction of sp³-hybridized carbons (Fsp3) is 0.455. The molecule has 2 N–H and O–H groups in total. The van der Waals surface area contributed by atoms with Gasteiger partial charge in [0.15, 0.2) is 0 Å². The minimum atomic E-state index is -0.402. The van der Waals surface area contributed by atoms with E-state index in [1.54, 1.807) is 12.1 Å². The van der Waals surface area contributed by atoms with Crippen LogP contribution in [0.3, 0.4) is 0 Å². The molecule has 0 heterocycles. The maximum absolute atomic E-state index is 13.4. The molecular weight excluding hydrogens is 217 g/mol. The van der Waals surface area contributed by atoms with Crippen molar-refractivity contribution >= 4 is 17.3 Å². The van der Waals surface area contributed by atoms with Crippen molar-refractivity contribution in [3.63, 3.8) is 0 Å². The summed E-state index contributed by atoms with van der Waals surface area (Å²) in [4.78, 5) is 0. The van der Waals surface area contributed by atoms with E-state index < -0.39 is 6.10 Å². The number of nitrogens with one attached hydrogen (secondary N) is 1. The third kappa shape index (κ3) is 2.24. The van der Waals surface area contributed by atoms with E-state index in [9.17, 15) is 9.50 Å². The summed E-state index contributed by atoms with van der Waals surface area (Å²) in [6, 6.07) is 4.47. The first-order chi connectivity index (χ1) is 7.18. The van der Waals surface area contributed by atoms with Gasteiger partial charge >= 0.3 is 0 Å². The largest absolute Gasteiger partial charge is 0.391 e. The summed E-state index contributed by atoms with van der Waals surface area (Å²) in [5.41, 5.74) is 0.296. The van der Waals surface area contributed by atoms with Gasteiger partial charge in [-0.1, -0.05) is 17.7 Å². The van der Waals surface area contributed by atoms with Crippen LogP contribution in [0, 0.1) is 5.82 Å². The Balaban J connectivity index is 2.16. The lowest BCUT2D eigenvalue weighted by molar-refractivity contribution is 0.171. The molecule has 1 fully saturated rings. The highest BCUT2D eigenvalue weighted by atomic mass is 35.5. The lowest BCUT2D eigenvalue weighted by Gasteiger charge is -2.19. The third-order valence-electron chi connectivity index (χ3n) is 2.77. The number of benzene rings is 1. The molecule has 0 amide bonds. The Morgan fingerprint density at radius 3 is 2.80 bits per heavy atom. The van der Waals surface area contributed by atoms with E-state index in [0.717, 1.165) is 19.3 Å². The Morgan fingerprint density at radius 2 is 2.20 bits per heavy atom. The van der Waals surface area contributed by atoms with Gasteiger partial charge in [-0.15, -0.1) is 0 Å². The summed E-state index contributed by atoms with van der Waals surface area (Å²) < 4.78 is 13.4. The number of para-hydroxylation sites is 1. The average Bonchev–Trinajstić information content (AvgIpc) is 2.58. The van der Waals surface area contributed by atoms with Crippen molar-refractivity contribution in [3.05, 3.63) is 29.0 Å². The van der Waals surface area contributed by atoms with Crippen LogP contribution in [-0.2, 0) is 0 Å². The second-order valence-corrected chi connectivity index (χ2v) is 4.25. The molecule has 2 nitrogen and oxygen atoms in total. The first-order valence-electron chi connectivity index (χ1n) is 5.07. The van der Waals surface area contributed by atoms with Crippen molar-refractivity contribution in [3.8, 4) is 0 Å². The van der Waals surface area contributed by atoms with Gasteiger partial charge in [0.25, 0.3) is 0 Å². The van der Waals surface area contributed by atoms with Gasteiger partial charge in [0.05, 0.1) is 22.9 Å². The second-order valence-electron chi connectivity index (χ2n) is 3.85. The number of hydrogen-bond donors (Lipinski definition) is 2. The second kappa shape index (κ2) is 4.37. The number of rotatable bonds is 2. The van der Waals surface area contributed by atoms with Crippen molar-refractivity contribution in [2.45, 2.75) is 31.4 Å². The van der Waals surface area contributed by atoms with Gasteiger partial charge in [-0.25, -0.2) is 4.39 Å². The smallest absolute Gasteiger partial charge is 0.147 e. The molecule has 0 spiro atoms. The van der Waals surface area contributed by atoms with Crippen molar-refractivity contribution in [1.82, 2.24) is 0 Å². The highest BCUT2D eigenvalue weighted by Gasteiger charge is 2.26. The molecule has 4 heteroatoms. The Labute approximate surface area is 93.1 Å². The highest BCUT2D eigenvalue weighted by Crippen LogP contribution is 2.29. The summed E-state index contributed by atoms with van der Waals surface area (Å²) in [6.07, 6.45) is 2.18. The molecule has 0 unspecified atom stereocenters. The number of hydrogen-bond acceptors (Lipinski definition) is 2. The molecule has 0 saturated heterocycles. The molecule has 82 valence electrons. The predicted octanol–water partition coefficient (Wildman–Crippen LogP) is 2.80. The van der Waals surface area contributed by atoms with Crippen LogP contribution < -0.4 is 5.32 Å². The van der Waals surface area contributed by atoms with Gasteiger partial charge in [0, 0.05) is 0 Å². The molecule has 1 aromatic carbocycles. The van der Waals surface area contributed by atoms with E-state index in [4.69, 9.17) is 11.6 Å². The predicted molar refractivity (Wildman–Crippen MR) is 58.7 cm³/mol. The molecule has 1 aliphatic carbocycles. The van der Waals surface area contributed by atoms with Crippen LogP contribution in [-0.4, -0.2) is 17.3 Å². The van der Waals surface area contributed by atoms with Crippen LogP contribution in [0.4, 0.5) is 10.1 Å². The molecule has 0 radical (unpaired) electrons. The number of aliphatic hydroxyl groups is 1. The molecule has 0 aromatic heterocycles. The normalized spacial score (nSPS) is 25.5. The van der Waals surface area contributed by atoms with Crippen LogP contribution in [0.1, 0.15) is 19.3 Å². The first kappa shape index (κ1) is 10.7. The minimum absolute atomic E-state index is 0.0839. The molecule has 1 aliphatic rings. The lowest BCUT2D eigenvalue weighted by atomic mass is 10.2. The van der Waals surface area contributed by atoms with E-state index in [1.165, 1.54) is 6.07 Å².